The normalized spacial score (nSPS) is 11.2. The molecule has 1 amide bonds. The molecular formula is C13H13ClF3NO3. The number of carbonyl (C=O) groups is 2. The molecule has 2 N–H and O–H groups in total. The first kappa shape index (κ1) is 17.3. The molecule has 0 heterocycles. The Labute approximate surface area is 123 Å². The van der Waals surface area contributed by atoms with Gasteiger partial charge < -0.3 is 10.4 Å². The highest BCUT2D eigenvalue weighted by Gasteiger charge is 2.34. The molecule has 0 bridgehead atoms. The molecular weight excluding hydrogens is 311 g/mol. The molecule has 4 nitrogen and oxygen atoms in total. The van der Waals surface area contributed by atoms with Crippen LogP contribution in [-0.2, 0) is 15.8 Å². The summed E-state index contributed by atoms with van der Waals surface area (Å²) in [5.74, 6) is -1.58. The lowest BCUT2D eigenvalue weighted by Gasteiger charge is -2.14. The summed E-state index contributed by atoms with van der Waals surface area (Å²) in [7, 11) is 0. The summed E-state index contributed by atoms with van der Waals surface area (Å²) in [6.45, 7) is 0. The number of carboxylic acids is 1. The number of anilines is 1. The smallest absolute Gasteiger partial charge is 0.418 e. The summed E-state index contributed by atoms with van der Waals surface area (Å²) < 4.78 is 38.4. The van der Waals surface area contributed by atoms with Crippen LogP contribution in [0, 0.1) is 0 Å². The van der Waals surface area contributed by atoms with Crippen LogP contribution < -0.4 is 5.32 Å². The second kappa shape index (κ2) is 7.31. The minimum absolute atomic E-state index is 0.0484. The number of unbranched alkanes of at least 4 members (excludes halogenated alkanes) is 1. The number of hydrogen-bond donors (Lipinski definition) is 2. The summed E-state index contributed by atoms with van der Waals surface area (Å²) in [4.78, 5) is 21.8. The lowest BCUT2D eigenvalue weighted by atomic mass is 10.1. The Morgan fingerprint density at radius 2 is 1.81 bits per heavy atom. The van der Waals surface area contributed by atoms with Crippen LogP contribution >= 0.6 is 11.6 Å². The van der Waals surface area contributed by atoms with Crippen molar-refractivity contribution in [2.75, 3.05) is 5.32 Å². The molecule has 0 saturated heterocycles. The number of hydrogen-bond acceptors (Lipinski definition) is 2. The molecule has 0 aliphatic carbocycles. The highest BCUT2D eigenvalue weighted by Crippen LogP contribution is 2.36. The van der Waals surface area contributed by atoms with Gasteiger partial charge in [-0.3, -0.25) is 9.59 Å². The maximum absolute atomic E-state index is 12.8. The molecule has 1 rings (SSSR count). The number of alkyl halides is 3. The Kier molecular flexibility index (Phi) is 6.02. The third-order valence-corrected chi connectivity index (χ3v) is 2.84. The van der Waals surface area contributed by atoms with Crippen molar-refractivity contribution in [3.8, 4) is 0 Å². The van der Waals surface area contributed by atoms with Gasteiger partial charge in [0, 0.05) is 17.9 Å². The number of benzene rings is 1. The molecule has 0 fully saturated rings. The molecule has 0 aliphatic heterocycles. The quantitative estimate of drug-likeness (QED) is 0.779. The average molecular weight is 324 g/mol. The maximum atomic E-state index is 12.8. The van der Waals surface area contributed by atoms with Gasteiger partial charge in [-0.1, -0.05) is 11.6 Å². The highest BCUT2D eigenvalue weighted by molar-refractivity contribution is 6.30. The Balaban J connectivity index is 2.66. The fraction of sp³-hybridized carbons (Fsp3) is 0.385. The third-order valence-electron chi connectivity index (χ3n) is 2.61. The summed E-state index contributed by atoms with van der Waals surface area (Å²) in [6, 6.07) is 3.07. The monoisotopic (exact) mass is 323 g/mol. The van der Waals surface area contributed by atoms with Crippen LogP contribution in [0.1, 0.15) is 31.2 Å². The fourth-order valence-electron chi connectivity index (χ4n) is 1.63. The summed E-state index contributed by atoms with van der Waals surface area (Å²) in [5.41, 5.74) is -1.39. The van der Waals surface area contributed by atoms with E-state index in [1.54, 1.807) is 0 Å². The van der Waals surface area contributed by atoms with E-state index < -0.39 is 23.6 Å². The Hall–Kier alpha value is -1.76. The lowest BCUT2D eigenvalue weighted by molar-refractivity contribution is -0.138. The van der Waals surface area contributed by atoms with Crippen molar-refractivity contribution in [1.29, 1.82) is 0 Å². The second-order valence-electron chi connectivity index (χ2n) is 4.34. The number of amides is 1. The molecule has 116 valence electrons. The number of carboxylic acid groups (broad SMARTS) is 1. The standard InChI is InChI=1S/C13H13ClF3NO3/c14-8-5-6-10(9(7-8)13(15,16)17)18-11(19)3-1-2-4-12(20)21/h5-7H,1-4H2,(H,18,19)(H,20,21). The molecule has 0 saturated carbocycles. The SMILES string of the molecule is O=C(O)CCCCC(=O)Nc1ccc(Cl)cc1C(F)(F)F. The van der Waals surface area contributed by atoms with Gasteiger partial charge in [-0.05, 0) is 31.0 Å². The van der Waals surface area contributed by atoms with Crippen LogP contribution in [0.3, 0.4) is 0 Å². The van der Waals surface area contributed by atoms with Gasteiger partial charge in [-0.15, -0.1) is 0 Å². The zero-order valence-electron chi connectivity index (χ0n) is 10.8. The summed E-state index contributed by atoms with van der Waals surface area (Å²) >= 11 is 5.52. The number of halogens is 4. The first-order valence-electron chi connectivity index (χ1n) is 6.08. The molecule has 8 heteroatoms. The van der Waals surface area contributed by atoms with Crippen LogP contribution in [0.15, 0.2) is 18.2 Å². The van der Waals surface area contributed by atoms with E-state index in [0.717, 1.165) is 12.1 Å². The van der Waals surface area contributed by atoms with Gasteiger partial charge in [0.15, 0.2) is 0 Å². The van der Waals surface area contributed by atoms with Gasteiger partial charge >= 0.3 is 12.1 Å². The van der Waals surface area contributed by atoms with Gasteiger partial charge in [0.2, 0.25) is 5.91 Å². The van der Waals surface area contributed by atoms with Crippen LogP contribution in [0.5, 0.6) is 0 Å². The Morgan fingerprint density at radius 1 is 1.19 bits per heavy atom. The molecule has 0 spiro atoms. The van der Waals surface area contributed by atoms with Gasteiger partial charge in [0.05, 0.1) is 11.3 Å². The zero-order valence-corrected chi connectivity index (χ0v) is 11.6. The van der Waals surface area contributed by atoms with Crippen molar-refractivity contribution in [1.82, 2.24) is 0 Å². The number of carbonyl (C=O) groups excluding carboxylic acids is 1. The minimum atomic E-state index is -4.63. The predicted octanol–water partition coefficient (Wildman–Crippen LogP) is 3.94. The van der Waals surface area contributed by atoms with E-state index in [1.165, 1.54) is 6.07 Å². The van der Waals surface area contributed by atoms with E-state index in [2.05, 4.69) is 5.32 Å². The van der Waals surface area contributed by atoms with E-state index in [0.29, 0.717) is 0 Å². The zero-order chi connectivity index (χ0) is 16.0. The number of nitrogens with one attached hydrogen (secondary N) is 1. The first-order valence-corrected chi connectivity index (χ1v) is 6.46. The molecule has 0 radical (unpaired) electrons. The van der Waals surface area contributed by atoms with E-state index in [-0.39, 0.29) is 36.4 Å². The van der Waals surface area contributed by atoms with Gasteiger partial charge in [-0.25, -0.2) is 0 Å². The topological polar surface area (TPSA) is 66.4 Å². The van der Waals surface area contributed by atoms with Gasteiger partial charge in [-0.2, -0.15) is 13.2 Å². The number of rotatable bonds is 6. The van der Waals surface area contributed by atoms with Crippen molar-refractivity contribution < 1.29 is 27.9 Å². The molecule has 21 heavy (non-hydrogen) atoms. The summed E-state index contributed by atoms with van der Waals surface area (Å²) in [5, 5.41) is 10.5. The maximum Gasteiger partial charge on any atom is 0.418 e. The summed E-state index contributed by atoms with van der Waals surface area (Å²) in [6.07, 6.45) is -4.19. The largest absolute Gasteiger partial charge is 0.481 e. The molecule has 1 aromatic carbocycles. The van der Waals surface area contributed by atoms with Gasteiger partial charge in [0.1, 0.15) is 0 Å². The Bertz CT molecular complexity index is 532. The van der Waals surface area contributed by atoms with Crippen LogP contribution in [-0.4, -0.2) is 17.0 Å². The molecule has 0 atom stereocenters. The average Bonchev–Trinajstić information content (AvgIpc) is 2.35. The highest BCUT2D eigenvalue weighted by atomic mass is 35.5. The fourth-order valence-corrected chi connectivity index (χ4v) is 1.81. The molecule has 1 aromatic rings. The number of aliphatic carboxylic acids is 1. The minimum Gasteiger partial charge on any atom is -0.481 e. The predicted molar refractivity (Wildman–Crippen MR) is 71.2 cm³/mol. The van der Waals surface area contributed by atoms with Crippen molar-refractivity contribution in [2.45, 2.75) is 31.9 Å². The van der Waals surface area contributed by atoms with Crippen LogP contribution in [0.25, 0.3) is 0 Å². The molecule has 0 aliphatic rings. The van der Waals surface area contributed by atoms with Crippen molar-refractivity contribution in [3.05, 3.63) is 28.8 Å². The van der Waals surface area contributed by atoms with Crippen molar-refractivity contribution >= 4 is 29.2 Å². The van der Waals surface area contributed by atoms with Crippen LogP contribution in [0.4, 0.5) is 18.9 Å². The Morgan fingerprint density at radius 3 is 2.38 bits per heavy atom. The van der Waals surface area contributed by atoms with Gasteiger partial charge in [0.25, 0.3) is 0 Å². The van der Waals surface area contributed by atoms with Crippen molar-refractivity contribution in [2.24, 2.45) is 0 Å². The lowest BCUT2D eigenvalue weighted by Crippen LogP contribution is -2.16. The van der Waals surface area contributed by atoms with Crippen molar-refractivity contribution in [3.63, 3.8) is 0 Å². The first-order chi connectivity index (χ1) is 9.70. The van der Waals surface area contributed by atoms with E-state index in [1.807, 2.05) is 0 Å². The molecule has 0 unspecified atom stereocenters. The van der Waals surface area contributed by atoms with E-state index >= 15 is 0 Å². The van der Waals surface area contributed by atoms with Crippen LogP contribution in [0.2, 0.25) is 5.02 Å². The second-order valence-corrected chi connectivity index (χ2v) is 4.77. The molecule has 0 aromatic heterocycles. The third kappa shape index (κ3) is 6.03. The van der Waals surface area contributed by atoms with E-state index in [4.69, 9.17) is 16.7 Å². The van der Waals surface area contributed by atoms with E-state index in [9.17, 15) is 22.8 Å².